The van der Waals surface area contributed by atoms with E-state index in [1.54, 1.807) is 0 Å². The zero-order valence-corrected chi connectivity index (χ0v) is 15.1. The third kappa shape index (κ3) is 5.60. The summed E-state index contributed by atoms with van der Waals surface area (Å²) in [6.45, 7) is 1.69. The maximum atomic E-state index is 10.9. The van der Waals surface area contributed by atoms with Gasteiger partial charge in [0.15, 0.2) is 0 Å². The lowest BCUT2D eigenvalue weighted by atomic mass is 10.0. The number of aryl methyl sites for hydroxylation is 1. The molecule has 0 saturated heterocycles. The number of hydrogen-bond acceptors (Lipinski definition) is 3. The summed E-state index contributed by atoms with van der Waals surface area (Å²) >= 11 is 0. The summed E-state index contributed by atoms with van der Waals surface area (Å²) in [5.74, 6) is 0.300. The minimum Gasteiger partial charge on any atom is -0.493 e. The van der Waals surface area contributed by atoms with E-state index in [2.05, 4.69) is 35.6 Å². The number of ether oxygens (including phenoxy) is 1. The summed E-state index contributed by atoms with van der Waals surface area (Å²) in [4.78, 5) is 10.9. The fraction of sp³-hybridized carbons (Fsp3) is 0.409. The number of carboxylic acids is 1. The summed E-state index contributed by atoms with van der Waals surface area (Å²) in [6, 6.07) is 16.9. The minimum atomic E-state index is -0.731. The van der Waals surface area contributed by atoms with E-state index in [0.29, 0.717) is 6.42 Å². The molecule has 0 amide bonds. The Labute approximate surface area is 155 Å². The van der Waals surface area contributed by atoms with Gasteiger partial charge < -0.3 is 15.2 Å². The number of nitrogens with one attached hydrogen (secondary N) is 1. The number of aliphatic carboxylic acids is 1. The molecule has 2 aromatic rings. The van der Waals surface area contributed by atoms with Crippen LogP contribution in [-0.4, -0.2) is 30.3 Å². The van der Waals surface area contributed by atoms with Crippen LogP contribution < -0.4 is 10.1 Å². The maximum absolute atomic E-state index is 10.9. The Morgan fingerprint density at radius 3 is 2.81 bits per heavy atom. The zero-order chi connectivity index (χ0) is 18.2. The van der Waals surface area contributed by atoms with Gasteiger partial charge in [-0.2, -0.15) is 0 Å². The smallest absolute Gasteiger partial charge is 0.303 e. The zero-order valence-electron chi connectivity index (χ0n) is 15.1. The van der Waals surface area contributed by atoms with Crippen molar-refractivity contribution in [3.63, 3.8) is 0 Å². The predicted octanol–water partition coefficient (Wildman–Crippen LogP) is 3.62. The lowest BCUT2D eigenvalue weighted by Gasteiger charge is -2.18. The summed E-state index contributed by atoms with van der Waals surface area (Å²) in [6.07, 6.45) is 4.80. The lowest BCUT2D eigenvalue weighted by molar-refractivity contribution is -0.137. The van der Waals surface area contributed by atoms with Gasteiger partial charge in [0.1, 0.15) is 5.75 Å². The van der Waals surface area contributed by atoms with Crippen molar-refractivity contribution in [1.82, 2.24) is 5.32 Å². The van der Waals surface area contributed by atoms with Crippen molar-refractivity contribution in [2.75, 3.05) is 13.2 Å². The first-order valence-corrected chi connectivity index (χ1v) is 9.44. The second-order valence-corrected chi connectivity index (χ2v) is 6.92. The molecule has 4 nitrogen and oxygen atoms in total. The molecule has 0 radical (unpaired) electrons. The molecule has 0 saturated carbocycles. The van der Waals surface area contributed by atoms with Gasteiger partial charge in [-0.25, -0.2) is 0 Å². The molecule has 2 N–H and O–H groups in total. The van der Waals surface area contributed by atoms with Crippen molar-refractivity contribution in [3.8, 4) is 5.75 Å². The van der Waals surface area contributed by atoms with Crippen LogP contribution in [0.3, 0.4) is 0 Å². The molecular formula is C22H27NO3. The summed E-state index contributed by atoms with van der Waals surface area (Å²) < 4.78 is 5.55. The van der Waals surface area contributed by atoms with Crippen molar-refractivity contribution in [3.05, 3.63) is 65.2 Å². The molecule has 1 aliphatic heterocycles. The number of hydrogen-bond donors (Lipinski definition) is 2. The molecule has 1 unspecified atom stereocenters. The Morgan fingerprint density at radius 2 is 2.00 bits per heavy atom. The summed E-state index contributed by atoms with van der Waals surface area (Å²) in [5.41, 5.74) is 3.91. The van der Waals surface area contributed by atoms with E-state index in [-0.39, 0.29) is 12.5 Å². The van der Waals surface area contributed by atoms with Crippen molar-refractivity contribution in [2.45, 2.75) is 44.6 Å². The number of carbonyl (C=O) groups is 1. The Balaban J connectivity index is 1.46. The summed E-state index contributed by atoms with van der Waals surface area (Å²) in [5, 5.41) is 12.5. The molecule has 1 atom stereocenters. The Morgan fingerprint density at radius 1 is 1.15 bits per heavy atom. The minimum absolute atomic E-state index is 0.196. The van der Waals surface area contributed by atoms with Crippen molar-refractivity contribution in [1.29, 1.82) is 0 Å². The third-order valence-corrected chi connectivity index (χ3v) is 4.86. The van der Waals surface area contributed by atoms with Crippen molar-refractivity contribution >= 4 is 5.97 Å². The molecular weight excluding hydrogens is 326 g/mol. The number of fused-ring (bicyclic) bond motifs is 1. The Bertz CT molecular complexity index is 715. The van der Waals surface area contributed by atoms with E-state index in [9.17, 15) is 4.79 Å². The van der Waals surface area contributed by atoms with Crippen LogP contribution in [0.5, 0.6) is 5.75 Å². The molecule has 4 heteroatoms. The second-order valence-electron chi connectivity index (χ2n) is 6.92. The monoisotopic (exact) mass is 353 g/mol. The van der Waals surface area contributed by atoms with Crippen LogP contribution >= 0.6 is 0 Å². The molecule has 2 aromatic carbocycles. The van der Waals surface area contributed by atoms with Gasteiger partial charge in [0.25, 0.3) is 0 Å². The van der Waals surface area contributed by atoms with Gasteiger partial charge in [0, 0.05) is 18.9 Å². The van der Waals surface area contributed by atoms with Gasteiger partial charge in [-0.3, -0.25) is 4.79 Å². The van der Waals surface area contributed by atoms with E-state index in [0.717, 1.165) is 44.6 Å². The number of benzene rings is 2. The molecule has 0 fully saturated rings. The highest BCUT2D eigenvalue weighted by molar-refractivity contribution is 5.66. The van der Waals surface area contributed by atoms with E-state index in [1.165, 1.54) is 16.7 Å². The molecule has 1 aliphatic rings. The quantitative estimate of drug-likeness (QED) is 0.641. The fourth-order valence-corrected chi connectivity index (χ4v) is 3.47. The van der Waals surface area contributed by atoms with Crippen LogP contribution in [0.15, 0.2) is 48.5 Å². The fourth-order valence-electron chi connectivity index (χ4n) is 3.47. The molecule has 0 bridgehead atoms. The molecule has 0 aromatic heterocycles. The average Bonchev–Trinajstić information content (AvgIpc) is 3.11. The van der Waals surface area contributed by atoms with Gasteiger partial charge in [0.05, 0.1) is 6.61 Å². The topological polar surface area (TPSA) is 58.6 Å². The first-order valence-electron chi connectivity index (χ1n) is 9.44. The highest BCUT2D eigenvalue weighted by atomic mass is 16.5. The summed E-state index contributed by atoms with van der Waals surface area (Å²) in [7, 11) is 0. The third-order valence-electron chi connectivity index (χ3n) is 4.86. The van der Waals surface area contributed by atoms with Crippen LogP contribution in [0.4, 0.5) is 0 Å². The van der Waals surface area contributed by atoms with Crippen LogP contribution in [0.1, 0.15) is 36.0 Å². The van der Waals surface area contributed by atoms with E-state index < -0.39 is 5.97 Å². The SMILES string of the molecule is O=C(O)CCC(Cc1ccccc1)NCCCc1ccc2c(c1)CCO2. The van der Waals surface area contributed by atoms with Gasteiger partial charge >= 0.3 is 5.97 Å². The van der Waals surface area contributed by atoms with Gasteiger partial charge in [0.2, 0.25) is 0 Å². The van der Waals surface area contributed by atoms with Crippen LogP contribution in [0, 0.1) is 0 Å². The average molecular weight is 353 g/mol. The second kappa shape index (κ2) is 9.39. The predicted molar refractivity (Wildman–Crippen MR) is 103 cm³/mol. The number of carboxylic acid groups (broad SMARTS) is 1. The van der Waals surface area contributed by atoms with Crippen LogP contribution in [0.2, 0.25) is 0 Å². The van der Waals surface area contributed by atoms with Gasteiger partial charge in [-0.1, -0.05) is 42.5 Å². The highest BCUT2D eigenvalue weighted by Gasteiger charge is 2.13. The van der Waals surface area contributed by atoms with E-state index in [4.69, 9.17) is 9.84 Å². The van der Waals surface area contributed by atoms with Crippen molar-refractivity contribution in [2.24, 2.45) is 0 Å². The first kappa shape index (κ1) is 18.5. The van der Waals surface area contributed by atoms with Crippen LogP contribution in [0.25, 0.3) is 0 Å². The van der Waals surface area contributed by atoms with Crippen molar-refractivity contribution < 1.29 is 14.6 Å². The van der Waals surface area contributed by atoms with E-state index >= 15 is 0 Å². The van der Waals surface area contributed by atoms with Gasteiger partial charge in [-0.05, 0) is 55.0 Å². The van der Waals surface area contributed by atoms with E-state index in [1.807, 2.05) is 18.2 Å². The molecule has 0 aliphatic carbocycles. The molecule has 26 heavy (non-hydrogen) atoms. The lowest BCUT2D eigenvalue weighted by Crippen LogP contribution is -2.32. The number of rotatable bonds is 10. The molecule has 138 valence electrons. The highest BCUT2D eigenvalue weighted by Crippen LogP contribution is 2.26. The first-order chi connectivity index (χ1) is 12.7. The maximum Gasteiger partial charge on any atom is 0.303 e. The Kier molecular flexibility index (Phi) is 6.67. The van der Waals surface area contributed by atoms with Crippen LogP contribution in [-0.2, 0) is 24.1 Å². The standard InChI is InChI=1S/C22H27NO3/c24-22(25)11-9-20(16-17-5-2-1-3-6-17)23-13-4-7-18-8-10-21-19(15-18)12-14-26-21/h1-3,5-6,8,10,15,20,23H,4,7,9,11-14,16H2,(H,24,25). The molecule has 3 rings (SSSR count). The van der Waals surface area contributed by atoms with Gasteiger partial charge in [-0.15, -0.1) is 0 Å². The normalized spacial score (nSPS) is 13.8. The largest absolute Gasteiger partial charge is 0.493 e. The molecule has 1 heterocycles. The Hall–Kier alpha value is -2.33. The molecule has 0 spiro atoms.